The number of halogens is 2. The number of amides is 2. The average molecular weight is 622 g/mol. The number of rotatable bonds is 7. The lowest BCUT2D eigenvalue weighted by molar-refractivity contribution is -0.122. The Balaban J connectivity index is 1.46. The second kappa shape index (κ2) is 11.6. The van der Waals surface area contributed by atoms with E-state index in [1.807, 2.05) is 31.2 Å². The highest BCUT2D eigenvalue weighted by molar-refractivity contribution is 9.10. The molecule has 0 spiro atoms. The van der Waals surface area contributed by atoms with Crippen LogP contribution in [0.5, 0.6) is 11.5 Å². The monoisotopic (exact) mass is 620 g/mol. The van der Waals surface area contributed by atoms with Crippen LogP contribution in [0.1, 0.15) is 18.1 Å². The van der Waals surface area contributed by atoms with Crippen LogP contribution in [0.2, 0.25) is 5.02 Å². The Morgan fingerprint density at radius 3 is 2.51 bits per heavy atom. The number of fused-ring (bicyclic) bond motifs is 1. The van der Waals surface area contributed by atoms with Crippen molar-refractivity contribution in [3.63, 3.8) is 0 Å². The third kappa shape index (κ3) is 5.68. The molecule has 9 heteroatoms. The second-order valence-electron chi connectivity index (χ2n) is 8.62. The lowest BCUT2D eigenvalue weighted by Gasteiger charge is -2.29. The molecule has 0 saturated carbocycles. The Hall–Kier alpha value is -3.72. The van der Waals surface area contributed by atoms with Crippen LogP contribution < -0.4 is 19.7 Å². The van der Waals surface area contributed by atoms with Gasteiger partial charge in [-0.25, -0.2) is 0 Å². The minimum atomic E-state index is -0.583. The highest BCUT2D eigenvalue weighted by atomic mass is 79.9. The Morgan fingerprint density at radius 2 is 1.74 bits per heavy atom. The first-order valence-corrected chi connectivity index (χ1v) is 13.7. The Morgan fingerprint density at radius 1 is 1.00 bits per heavy atom. The molecule has 6 nitrogen and oxygen atoms in total. The molecule has 1 saturated heterocycles. The molecule has 1 aliphatic heterocycles. The van der Waals surface area contributed by atoms with Crippen molar-refractivity contribution >= 4 is 79.2 Å². The maximum Gasteiger partial charge on any atom is 0.270 e. The van der Waals surface area contributed by atoms with Gasteiger partial charge in [-0.15, -0.1) is 0 Å². The summed E-state index contributed by atoms with van der Waals surface area (Å²) in [7, 11) is 0. The summed E-state index contributed by atoms with van der Waals surface area (Å²) in [4.78, 5) is 27.4. The smallest absolute Gasteiger partial charge is 0.270 e. The molecule has 0 aliphatic carbocycles. The molecular weight excluding hydrogens is 600 g/mol. The van der Waals surface area contributed by atoms with E-state index in [-0.39, 0.29) is 10.7 Å². The molecule has 0 bridgehead atoms. The van der Waals surface area contributed by atoms with Gasteiger partial charge in [0.05, 0.1) is 16.8 Å². The number of nitrogens with zero attached hydrogens (tertiary/aromatic N) is 1. The molecule has 0 radical (unpaired) electrons. The van der Waals surface area contributed by atoms with Crippen molar-refractivity contribution in [3.05, 3.63) is 105 Å². The Bertz CT molecular complexity index is 1630. The van der Waals surface area contributed by atoms with Crippen molar-refractivity contribution in [1.29, 1.82) is 0 Å². The Kier molecular flexibility index (Phi) is 7.97. The third-order valence-corrected chi connectivity index (χ3v) is 7.21. The second-order valence-corrected chi connectivity index (χ2v) is 10.3. The number of ether oxygens (including phenoxy) is 2. The fourth-order valence-electron chi connectivity index (χ4n) is 4.29. The van der Waals surface area contributed by atoms with E-state index in [4.69, 9.17) is 33.3 Å². The molecule has 4 aromatic carbocycles. The van der Waals surface area contributed by atoms with Gasteiger partial charge in [0.15, 0.2) is 16.6 Å². The molecule has 1 aliphatic rings. The molecule has 39 heavy (non-hydrogen) atoms. The summed E-state index contributed by atoms with van der Waals surface area (Å²) < 4.78 is 12.7. The number of hydrogen-bond donors (Lipinski definition) is 1. The number of hydrogen-bond acceptors (Lipinski definition) is 5. The Labute approximate surface area is 244 Å². The van der Waals surface area contributed by atoms with Gasteiger partial charge in [0.1, 0.15) is 12.2 Å². The van der Waals surface area contributed by atoms with Gasteiger partial charge in [-0.2, -0.15) is 0 Å². The van der Waals surface area contributed by atoms with Crippen molar-refractivity contribution in [2.45, 2.75) is 13.5 Å². The summed E-state index contributed by atoms with van der Waals surface area (Å²) in [6, 6.07) is 24.3. The molecule has 0 unspecified atom stereocenters. The summed E-state index contributed by atoms with van der Waals surface area (Å²) in [5.74, 6) is -0.125. The van der Waals surface area contributed by atoms with E-state index in [0.29, 0.717) is 45.5 Å². The summed E-state index contributed by atoms with van der Waals surface area (Å²) in [5, 5.41) is 5.35. The van der Waals surface area contributed by atoms with E-state index < -0.39 is 11.8 Å². The van der Waals surface area contributed by atoms with Gasteiger partial charge in [0.2, 0.25) is 0 Å². The minimum Gasteiger partial charge on any atom is -0.490 e. The lowest BCUT2D eigenvalue weighted by atomic mass is 10.1. The first kappa shape index (κ1) is 26.9. The molecule has 2 amide bonds. The van der Waals surface area contributed by atoms with E-state index >= 15 is 0 Å². The molecule has 1 fully saturated rings. The molecule has 1 heterocycles. The third-order valence-electron chi connectivity index (χ3n) is 6.08. The van der Waals surface area contributed by atoms with Crippen molar-refractivity contribution < 1.29 is 19.1 Å². The van der Waals surface area contributed by atoms with Gasteiger partial charge in [-0.1, -0.05) is 54.1 Å². The van der Waals surface area contributed by atoms with Crippen molar-refractivity contribution in [3.8, 4) is 11.5 Å². The van der Waals surface area contributed by atoms with Crippen molar-refractivity contribution in [2.24, 2.45) is 0 Å². The van der Waals surface area contributed by atoms with Gasteiger partial charge < -0.3 is 9.47 Å². The molecule has 5 rings (SSSR count). The quantitative estimate of drug-likeness (QED) is 0.136. The maximum atomic E-state index is 13.4. The summed E-state index contributed by atoms with van der Waals surface area (Å²) in [6.45, 7) is 2.60. The van der Waals surface area contributed by atoms with Crippen molar-refractivity contribution in [1.82, 2.24) is 5.32 Å². The van der Waals surface area contributed by atoms with Crippen LogP contribution in [0.3, 0.4) is 0 Å². The van der Waals surface area contributed by atoms with Crippen LogP contribution in [0, 0.1) is 0 Å². The maximum absolute atomic E-state index is 13.4. The number of benzene rings is 4. The zero-order valence-electron chi connectivity index (χ0n) is 20.7. The molecule has 196 valence electrons. The summed E-state index contributed by atoms with van der Waals surface area (Å²) >= 11 is 14.9. The average Bonchev–Trinajstić information content (AvgIpc) is 2.92. The number of anilines is 1. The highest BCUT2D eigenvalue weighted by Gasteiger charge is 2.34. The molecule has 0 aromatic heterocycles. The lowest BCUT2D eigenvalue weighted by Crippen LogP contribution is -2.54. The fourth-order valence-corrected chi connectivity index (χ4v) is 5.27. The number of nitrogens with one attached hydrogen (secondary N) is 1. The normalized spacial score (nSPS) is 14.6. The molecule has 0 atom stereocenters. The fraction of sp³-hybridized carbons (Fsp3) is 0.100. The van der Waals surface area contributed by atoms with Gasteiger partial charge >= 0.3 is 0 Å². The topological polar surface area (TPSA) is 67.9 Å². The molecule has 4 aromatic rings. The van der Waals surface area contributed by atoms with E-state index in [2.05, 4.69) is 39.4 Å². The number of thiocarbonyl (C=S) groups is 1. The predicted octanol–water partition coefficient (Wildman–Crippen LogP) is 7.06. The zero-order valence-corrected chi connectivity index (χ0v) is 23.9. The van der Waals surface area contributed by atoms with Crippen LogP contribution in [0.4, 0.5) is 5.69 Å². The summed E-state index contributed by atoms with van der Waals surface area (Å²) in [5.41, 5.74) is 2.03. The first-order valence-electron chi connectivity index (χ1n) is 12.1. The first-order chi connectivity index (χ1) is 18.9. The van der Waals surface area contributed by atoms with Crippen LogP contribution >= 0.6 is 39.7 Å². The SMILES string of the molecule is CCOc1cc(/C=C2\C(=O)NC(=S)N(c3ccc(Cl)cc3)C2=O)cc(Br)c1OCc1cccc2ccccc12. The predicted molar refractivity (Wildman–Crippen MR) is 161 cm³/mol. The van der Waals surface area contributed by atoms with Gasteiger partial charge in [0, 0.05) is 5.02 Å². The van der Waals surface area contributed by atoms with Crippen LogP contribution in [0.15, 0.2) is 88.9 Å². The van der Waals surface area contributed by atoms with Gasteiger partial charge in [-0.3, -0.25) is 19.8 Å². The zero-order chi connectivity index (χ0) is 27.5. The summed E-state index contributed by atoms with van der Waals surface area (Å²) in [6.07, 6.45) is 1.50. The van der Waals surface area contributed by atoms with Gasteiger partial charge in [-0.05, 0) is 99.4 Å². The van der Waals surface area contributed by atoms with Crippen LogP contribution in [0.25, 0.3) is 16.8 Å². The van der Waals surface area contributed by atoms with Crippen molar-refractivity contribution in [2.75, 3.05) is 11.5 Å². The van der Waals surface area contributed by atoms with E-state index in [1.165, 1.54) is 11.0 Å². The van der Waals surface area contributed by atoms with E-state index in [0.717, 1.165) is 16.3 Å². The van der Waals surface area contributed by atoms with Crippen LogP contribution in [-0.2, 0) is 16.2 Å². The molecular formula is C30H22BrClN2O4S. The van der Waals surface area contributed by atoms with E-state index in [9.17, 15) is 9.59 Å². The largest absolute Gasteiger partial charge is 0.490 e. The van der Waals surface area contributed by atoms with Gasteiger partial charge in [0.25, 0.3) is 11.8 Å². The molecule has 1 N–H and O–H groups in total. The standard InChI is InChI=1S/C30H22BrClN2O4S/c1-2-37-26-16-18(14-24-28(35)33-30(39)34(29(24)36)22-12-10-21(32)11-13-22)15-25(31)27(26)38-17-20-8-5-7-19-6-3-4-9-23(19)20/h3-16H,2,17H2,1H3,(H,33,35,39)/b24-14+. The highest BCUT2D eigenvalue weighted by Crippen LogP contribution is 2.38. The van der Waals surface area contributed by atoms with Crippen LogP contribution in [-0.4, -0.2) is 23.5 Å². The number of carbonyl (C=O) groups excluding carboxylic acids is 2. The number of carbonyl (C=O) groups is 2. The minimum absolute atomic E-state index is 0.00200. The van der Waals surface area contributed by atoms with E-state index in [1.54, 1.807) is 36.4 Å².